The number of rotatable bonds is 4. The van der Waals surface area contributed by atoms with Crippen LogP contribution in [0.5, 0.6) is 0 Å². The Morgan fingerprint density at radius 2 is 1.83 bits per heavy atom. The summed E-state index contributed by atoms with van der Waals surface area (Å²) in [5.41, 5.74) is -1.45. The van der Waals surface area contributed by atoms with Gasteiger partial charge in [-0.05, 0) is 39.0 Å². The van der Waals surface area contributed by atoms with Gasteiger partial charge in [0.25, 0.3) is 0 Å². The molecule has 128 valence electrons. The predicted octanol–water partition coefficient (Wildman–Crippen LogP) is 3.56. The van der Waals surface area contributed by atoms with Crippen LogP contribution in [0.4, 0.5) is 23.7 Å². The van der Waals surface area contributed by atoms with E-state index in [1.54, 1.807) is 20.8 Å². The quantitative estimate of drug-likeness (QED) is 0.886. The summed E-state index contributed by atoms with van der Waals surface area (Å²) in [4.78, 5) is 23.0. The number of ether oxygens (including phenoxy) is 1. The van der Waals surface area contributed by atoms with Crippen LogP contribution >= 0.6 is 0 Å². The van der Waals surface area contributed by atoms with Crippen LogP contribution in [0.3, 0.4) is 0 Å². The highest BCUT2D eigenvalue weighted by Crippen LogP contribution is 2.30. The molecule has 2 amide bonds. The Morgan fingerprint density at radius 1 is 1.17 bits per heavy atom. The first-order chi connectivity index (χ1) is 10.5. The molecule has 0 aliphatic rings. The first-order valence-electron chi connectivity index (χ1n) is 6.91. The highest BCUT2D eigenvalue weighted by Gasteiger charge is 2.30. The number of carbonyl (C=O) groups excluding carboxylic acids is 2. The molecule has 5 nitrogen and oxygen atoms in total. The lowest BCUT2D eigenvalue weighted by molar-refractivity contribution is -0.137. The largest absolute Gasteiger partial charge is 0.444 e. The van der Waals surface area contributed by atoms with E-state index >= 15 is 0 Å². The van der Waals surface area contributed by atoms with E-state index in [9.17, 15) is 22.8 Å². The van der Waals surface area contributed by atoms with Crippen LogP contribution in [0.25, 0.3) is 0 Å². The maximum atomic E-state index is 12.6. The van der Waals surface area contributed by atoms with Crippen LogP contribution in [0.1, 0.15) is 32.8 Å². The van der Waals surface area contributed by atoms with Crippen LogP contribution in [-0.4, -0.2) is 24.1 Å². The zero-order valence-electron chi connectivity index (χ0n) is 13.1. The first-order valence-corrected chi connectivity index (χ1v) is 6.91. The zero-order valence-corrected chi connectivity index (χ0v) is 13.1. The van der Waals surface area contributed by atoms with E-state index in [4.69, 9.17) is 4.74 Å². The molecule has 1 rings (SSSR count). The number of anilines is 1. The highest BCUT2D eigenvalue weighted by atomic mass is 19.4. The van der Waals surface area contributed by atoms with Crippen molar-refractivity contribution in [3.8, 4) is 0 Å². The maximum Gasteiger partial charge on any atom is 0.416 e. The van der Waals surface area contributed by atoms with Gasteiger partial charge in [0.2, 0.25) is 5.91 Å². The number of halogens is 3. The molecule has 0 bridgehead atoms. The van der Waals surface area contributed by atoms with E-state index in [0.29, 0.717) is 0 Å². The minimum Gasteiger partial charge on any atom is -0.444 e. The Morgan fingerprint density at radius 3 is 2.39 bits per heavy atom. The SMILES string of the molecule is CC(C)(C)OC(=O)NCCC(=O)Nc1cccc(C(F)(F)F)c1. The average molecular weight is 332 g/mol. The zero-order chi connectivity index (χ0) is 17.7. The van der Waals surface area contributed by atoms with E-state index in [2.05, 4.69) is 10.6 Å². The minimum absolute atomic E-state index is 0.0136. The molecule has 0 radical (unpaired) electrons. The maximum absolute atomic E-state index is 12.6. The third kappa shape index (κ3) is 7.53. The second-order valence-corrected chi connectivity index (χ2v) is 5.81. The molecular formula is C15H19F3N2O3. The fraction of sp³-hybridized carbons (Fsp3) is 0.467. The fourth-order valence-corrected chi connectivity index (χ4v) is 1.59. The molecule has 0 aliphatic carbocycles. The summed E-state index contributed by atoms with van der Waals surface area (Å²) in [6.07, 6.45) is -5.22. The number of alkyl carbamates (subject to hydrolysis) is 1. The molecule has 23 heavy (non-hydrogen) atoms. The number of benzene rings is 1. The Labute approximate surface area is 132 Å². The molecule has 0 aromatic heterocycles. The number of amides is 2. The number of carbonyl (C=O) groups is 2. The number of nitrogens with one attached hydrogen (secondary N) is 2. The monoisotopic (exact) mass is 332 g/mol. The highest BCUT2D eigenvalue weighted by molar-refractivity contribution is 5.91. The van der Waals surface area contributed by atoms with Crippen molar-refractivity contribution in [3.05, 3.63) is 29.8 Å². The van der Waals surface area contributed by atoms with Gasteiger partial charge in [0.05, 0.1) is 5.56 Å². The summed E-state index contributed by atoms with van der Waals surface area (Å²) in [5, 5.41) is 4.73. The van der Waals surface area contributed by atoms with Gasteiger partial charge in [-0.25, -0.2) is 4.79 Å². The topological polar surface area (TPSA) is 67.4 Å². The molecule has 0 spiro atoms. The van der Waals surface area contributed by atoms with Crippen LogP contribution in [0, 0.1) is 0 Å². The van der Waals surface area contributed by atoms with Gasteiger partial charge in [0.1, 0.15) is 5.60 Å². The predicted molar refractivity (Wildman–Crippen MR) is 78.9 cm³/mol. The molecule has 0 heterocycles. The van der Waals surface area contributed by atoms with Crippen LogP contribution < -0.4 is 10.6 Å². The minimum atomic E-state index is -4.47. The van der Waals surface area contributed by atoms with Crippen molar-refractivity contribution >= 4 is 17.7 Å². The van der Waals surface area contributed by atoms with Crippen molar-refractivity contribution in [3.63, 3.8) is 0 Å². The van der Waals surface area contributed by atoms with E-state index < -0.39 is 29.3 Å². The lowest BCUT2D eigenvalue weighted by atomic mass is 10.2. The van der Waals surface area contributed by atoms with Crippen LogP contribution in [-0.2, 0) is 15.7 Å². The standard InChI is InChI=1S/C15H19F3N2O3/c1-14(2,3)23-13(22)19-8-7-12(21)20-11-6-4-5-10(9-11)15(16,17)18/h4-6,9H,7-8H2,1-3H3,(H,19,22)(H,20,21). The van der Waals surface area contributed by atoms with Gasteiger partial charge in [-0.3, -0.25) is 4.79 Å². The lowest BCUT2D eigenvalue weighted by Crippen LogP contribution is -2.34. The van der Waals surface area contributed by atoms with Crippen molar-refractivity contribution in [2.45, 2.75) is 39.0 Å². The van der Waals surface area contributed by atoms with Gasteiger partial charge in [-0.15, -0.1) is 0 Å². The Hall–Kier alpha value is -2.25. The molecule has 1 aromatic rings. The number of hydrogen-bond acceptors (Lipinski definition) is 3. The van der Waals surface area contributed by atoms with Crippen molar-refractivity contribution in [2.24, 2.45) is 0 Å². The molecule has 0 aliphatic heterocycles. The van der Waals surface area contributed by atoms with Gasteiger partial charge in [0, 0.05) is 18.7 Å². The summed E-state index contributed by atoms with van der Waals surface area (Å²) < 4.78 is 42.7. The molecule has 0 fully saturated rings. The first kappa shape index (κ1) is 18.8. The molecule has 0 atom stereocenters. The number of hydrogen-bond donors (Lipinski definition) is 2. The van der Waals surface area contributed by atoms with E-state index in [-0.39, 0.29) is 18.7 Å². The van der Waals surface area contributed by atoms with Gasteiger partial charge in [-0.1, -0.05) is 6.07 Å². The van der Waals surface area contributed by atoms with Crippen LogP contribution in [0.15, 0.2) is 24.3 Å². The third-order valence-electron chi connectivity index (χ3n) is 2.49. The second kappa shape index (κ2) is 7.34. The Balaban J connectivity index is 2.44. The van der Waals surface area contributed by atoms with Crippen molar-refractivity contribution in [1.82, 2.24) is 5.32 Å². The van der Waals surface area contributed by atoms with Crippen molar-refractivity contribution < 1.29 is 27.5 Å². The lowest BCUT2D eigenvalue weighted by Gasteiger charge is -2.19. The molecule has 2 N–H and O–H groups in total. The molecule has 0 unspecified atom stereocenters. The summed E-state index contributed by atoms with van der Waals surface area (Å²) >= 11 is 0. The second-order valence-electron chi connectivity index (χ2n) is 5.81. The summed E-state index contributed by atoms with van der Waals surface area (Å²) in [6, 6.07) is 4.32. The average Bonchev–Trinajstić information content (AvgIpc) is 2.35. The van der Waals surface area contributed by atoms with Gasteiger partial charge in [-0.2, -0.15) is 13.2 Å². The van der Waals surface area contributed by atoms with Gasteiger partial charge < -0.3 is 15.4 Å². The van der Waals surface area contributed by atoms with Crippen molar-refractivity contribution in [1.29, 1.82) is 0 Å². The number of alkyl halides is 3. The van der Waals surface area contributed by atoms with Gasteiger partial charge >= 0.3 is 12.3 Å². The van der Waals surface area contributed by atoms with E-state index in [0.717, 1.165) is 12.1 Å². The third-order valence-corrected chi connectivity index (χ3v) is 2.49. The van der Waals surface area contributed by atoms with Crippen LogP contribution in [0.2, 0.25) is 0 Å². The van der Waals surface area contributed by atoms with Gasteiger partial charge in [0.15, 0.2) is 0 Å². The Bertz CT molecular complexity index is 566. The smallest absolute Gasteiger partial charge is 0.416 e. The molecular weight excluding hydrogens is 313 g/mol. The molecule has 0 saturated heterocycles. The Kier molecular flexibility index (Phi) is 6.00. The molecule has 8 heteroatoms. The van der Waals surface area contributed by atoms with E-state index in [1.807, 2.05) is 0 Å². The summed E-state index contributed by atoms with van der Waals surface area (Å²) in [7, 11) is 0. The molecule has 0 saturated carbocycles. The van der Waals surface area contributed by atoms with E-state index in [1.165, 1.54) is 12.1 Å². The molecule has 1 aromatic carbocycles. The van der Waals surface area contributed by atoms with Crippen molar-refractivity contribution in [2.75, 3.05) is 11.9 Å². The fourth-order valence-electron chi connectivity index (χ4n) is 1.59. The summed E-state index contributed by atoms with van der Waals surface area (Å²) in [5.74, 6) is -0.514. The normalized spacial score (nSPS) is 11.7. The summed E-state index contributed by atoms with van der Waals surface area (Å²) in [6.45, 7) is 5.12.